The van der Waals surface area contributed by atoms with E-state index in [2.05, 4.69) is 0 Å². The number of benzene rings is 1. The summed E-state index contributed by atoms with van der Waals surface area (Å²) in [5.41, 5.74) is 6.46. The van der Waals surface area contributed by atoms with Crippen LogP contribution in [0.4, 0.5) is 0 Å². The highest BCUT2D eigenvalue weighted by Gasteiger charge is 2.15. The van der Waals surface area contributed by atoms with Crippen LogP contribution in [-0.4, -0.2) is 33.0 Å². The summed E-state index contributed by atoms with van der Waals surface area (Å²) in [4.78, 5) is 0. The van der Waals surface area contributed by atoms with Crippen molar-refractivity contribution < 1.29 is 19.3 Å². The van der Waals surface area contributed by atoms with Crippen LogP contribution in [0.15, 0.2) is 12.1 Å². The third-order valence-electron chi connectivity index (χ3n) is 2.31. The lowest BCUT2D eigenvalue weighted by molar-refractivity contribution is 0.266. The van der Waals surface area contributed by atoms with E-state index in [1.54, 1.807) is 12.1 Å². The monoisotopic (exact) mass is 227 g/mol. The molecule has 5 heteroatoms. The molecular formula is C11H17NO4. The summed E-state index contributed by atoms with van der Waals surface area (Å²) < 4.78 is 15.5. The Morgan fingerprint density at radius 3 is 1.94 bits per heavy atom. The van der Waals surface area contributed by atoms with E-state index in [0.29, 0.717) is 17.2 Å². The summed E-state index contributed by atoms with van der Waals surface area (Å²) >= 11 is 0. The van der Waals surface area contributed by atoms with E-state index in [1.165, 1.54) is 21.3 Å². The zero-order chi connectivity index (χ0) is 12.1. The van der Waals surface area contributed by atoms with Gasteiger partial charge >= 0.3 is 0 Å². The van der Waals surface area contributed by atoms with Crippen molar-refractivity contribution in [1.29, 1.82) is 0 Å². The molecule has 0 aliphatic carbocycles. The second-order valence-electron chi connectivity index (χ2n) is 3.25. The fourth-order valence-corrected chi connectivity index (χ4v) is 1.42. The molecular weight excluding hydrogens is 210 g/mol. The smallest absolute Gasteiger partial charge is 0.203 e. The number of nitrogens with two attached hydrogens (primary N) is 1. The Hall–Kier alpha value is -1.46. The first-order chi connectivity index (χ1) is 7.67. The van der Waals surface area contributed by atoms with Gasteiger partial charge in [-0.25, -0.2) is 0 Å². The molecule has 5 nitrogen and oxygen atoms in total. The van der Waals surface area contributed by atoms with Crippen molar-refractivity contribution in [3.05, 3.63) is 17.7 Å². The lowest BCUT2D eigenvalue weighted by Crippen LogP contribution is -2.14. The average molecular weight is 227 g/mol. The second-order valence-corrected chi connectivity index (χ2v) is 3.25. The molecule has 90 valence electrons. The SMILES string of the molecule is COc1cc([C@@H](N)CO)cc(OC)c1OC. The minimum absolute atomic E-state index is 0.140. The molecule has 0 amide bonds. The Morgan fingerprint density at radius 2 is 1.62 bits per heavy atom. The maximum absolute atomic E-state index is 9.00. The first-order valence-corrected chi connectivity index (χ1v) is 4.84. The van der Waals surface area contributed by atoms with Gasteiger partial charge in [-0.1, -0.05) is 0 Å². The minimum Gasteiger partial charge on any atom is -0.493 e. The molecule has 0 bridgehead atoms. The van der Waals surface area contributed by atoms with Gasteiger partial charge in [0, 0.05) is 0 Å². The van der Waals surface area contributed by atoms with E-state index in [0.717, 1.165) is 5.56 Å². The van der Waals surface area contributed by atoms with Gasteiger partial charge in [-0.15, -0.1) is 0 Å². The third-order valence-corrected chi connectivity index (χ3v) is 2.31. The molecule has 1 aromatic rings. The lowest BCUT2D eigenvalue weighted by atomic mass is 10.1. The van der Waals surface area contributed by atoms with Gasteiger partial charge in [0.2, 0.25) is 5.75 Å². The van der Waals surface area contributed by atoms with Gasteiger partial charge in [0.1, 0.15) is 0 Å². The van der Waals surface area contributed by atoms with E-state index in [1.807, 2.05) is 0 Å². The molecule has 1 atom stereocenters. The molecule has 16 heavy (non-hydrogen) atoms. The van der Waals surface area contributed by atoms with Crippen LogP contribution < -0.4 is 19.9 Å². The van der Waals surface area contributed by atoms with Crippen LogP contribution >= 0.6 is 0 Å². The van der Waals surface area contributed by atoms with E-state index in [4.69, 9.17) is 25.1 Å². The highest BCUT2D eigenvalue weighted by Crippen LogP contribution is 2.39. The normalized spacial score (nSPS) is 12.1. The molecule has 0 fully saturated rings. The Morgan fingerprint density at radius 1 is 1.12 bits per heavy atom. The third kappa shape index (κ3) is 2.37. The Balaban J connectivity index is 3.25. The molecule has 1 aromatic carbocycles. The van der Waals surface area contributed by atoms with Crippen molar-refractivity contribution in [2.45, 2.75) is 6.04 Å². The lowest BCUT2D eigenvalue weighted by Gasteiger charge is -2.16. The van der Waals surface area contributed by atoms with Gasteiger partial charge in [0.25, 0.3) is 0 Å². The number of hydrogen-bond donors (Lipinski definition) is 2. The molecule has 0 saturated heterocycles. The van der Waals surface area contributed by atoms with E-state index >= 15 is 0 Å². The molecule has 0 aliphatic rings. The fraction of sp³-hybridized carbons (Fsp3) is 0.455. The predicted molar refractivity (Wildman–Crippen MR) is 60.1 cm³/mol. The minimum atomic E-state index is -0.464. The number of aliphatic hydroxyl groups excluding tert-OH is 1. The highest BCUT2D eigenvalue weighted by atomic mass is 16.5. The van der Waals surface area contributed by atoms with Crippen molar-refractivity contribution in [2.75, 3.05) is 27.9 Å². The quantitative estimate of drug-likeness (QED) is 0.774. The van der Waals surface area contributed by atoms with Crippen molar-refractivity contribution >= 4 is 0 Å². The zero-order valence-corrected chi connectivity index (χ0v) is 9.69. The standard InChI is InChI=1S/C11H17NO4/c1-14-9-4-7(8(12)6-13)5-10(15-2)11(9)16-3/h4-5,8,13H,6,12H2,1-3H3/t8-/m0/s1. The summed E-state index contributed by atoms with van der Waals surface area (Å²) in [6.45, 7) is -0.140. The van der Waals surface area contributed by atoms with E-state index in [9.17, 15) is 0 Å². The Kier molecular flexibility index (Phi) is 4.39. The molecule has 3 N–H and O–H groups in total. The molecule has 0 aromatic heterocycles. The van der Waals surface area contributed by atoms with E-state index in [-0.39, 0.29) is 6.61 Å². The zero-order valence-electron chi connectivity index (χ0n) is 9.69. The summed E-state index contributed by atoms with van der Waals surface area (Å²) in [6.07, 6.45) is 0. The number of rotatable bonds is 5. The van der Waals surface area contributed by atoms with Crippen LogP contribution in [0.5, 0.6) is 17.2 Å². The van der Waals surface area contributed by atoms with Crippen LogP contribution in [0.1, 0.15) is 11.6 Å². The molecule has 0 heterocycles. The van der Waals surface area contributed by atoms with Gasteiger partial charge in [0.05, 0.1) is 34.0 Å². The van der Waals surface area contributed by atoms with Crippen LogP contribution in [0.25, 0.3) is 0 Å². The summed E-state index contributed by atoms with van der Waals surface area (Å²) in [6, 6.07) is 2.98. The highest BCUT2D eigenvalue weighted by molar-refractivity contribution is 5.54. The van der Waals surface area contributed by atoms with Crippen LogP contribution in [0.3, 0.4) is 0 Å². The average Bonchev–Trinajstić information content (AvgIpc) is 2.35. The Bertz CT molecular complexity index is 329. The van der Waals surface area contributed by atoms with Gasteiger partial charge in [-0.3, -0.25) is 0 Å². The Labute approximate surface area is 94.7 Å². The van der Waals surface area contributed by atoms with Crippen molar-refractivity contribution in [1.82, 2.24) is 0 Å². The molecule has 0 unspecified atom stereocenters. The second kappa shape index (κ2) is 5.58. The molecule has 0 aliphatic heterocycles. The van der Waals surface area contributed by atoms with Crippen molar-refractivity contribution in [2.24, 2.45) is 5.73 Å². The molecule has 0 spiro atoms. The largest absolute Gasteiger partial charge is 0.493 e. The first-order valence-electron chi connectivity index (χ1n) is 4.84. The van der Waals surface area contributed by atoms with Gasteiger partial charge < -0.3 is 25.1 Å². The summed E-state index contributed by atoms with van der Waals surface area (Å²) in [5, 5.41) is 9.00. The van der Waals surface area contributed by atoms with Gasteiger partial charge in [-0.05, 0) is 17.7 Å². The molecule has 1 rings (SSSR count). The van der Waals surface area contributed by atoms with Crippen LogP contribution in [0, 0.1) is 0 Å². The van der Waals surface area contributed by atoms with E-state index < -0.39 is 6.04 Å². The first kappa shape index (κ1) is 12.6. The van der Waals surface area contributed by atoms with Gasteiger partial charge in [-0.2, -0.15) is 0 Å². The molecule has 0 radical (unpaired) electrons. The molecule has 0 saturated carbocycles. The van der Waals surface area contributed by atoms with Crippen LogP contribution in [0.2, 0.25) is 0 Å². The maximum Gasteiger partial charge on any atom is 0.203 e. The summed E-state index contributed by atoms with van der Waals surface area (Å²) in [7, 11) is 4.60. The number of hydrogen-bond acceptors (Lipinski definition) is 5. The van der Waals surface area contributed by atoms with Gasteiger partial charge in [0.15, 0.2) is 11.5 Å². The number of ether oxygens (including phenoxy) is 3. The topological polar surface area (TPSA) is 73.9 Å². The predicted octanol–water partition coefficient (Wildman–Crippen LogP) is 0.705. The number of methoxy groups -OCH3 is 3. The fourth-order valence-electron chi connectivity index (χ4n) is 1.42. The number of aliphatic hydroxyl groups is 1. The van der Waals surface area contributed by atoms with Crippen molar-refractivity contribution in [3.63, 3.8) is 0 Å². The van der Waals surface area contributed by atoms with Crippen molar-refractivity contribution in [3.8, 4) is 17.2 Å². The summed E-state index contributed by atoms with van der Waals surface area (Å²) in [5.74, 6) is 1.57. The maximum atomic E-state index is 9.00. The van der Waals surface area contributed by atoms with Crippen LogP contribution in [-0.2, 0) is 0 Å².